The van der Waals surface area contributed by atoms with Crippen LogP contribution in [0.5, 0.6) is 11.5 Å². The molecular weight excluding hydrogens is 342 g/mol. The Morgan fingerprint density at radius 1 is 1.23 bits per heavy atom. The number of fused-ring (bicyclic) bond motifs is 1. The number of aliphatic hydroxyl groups is 1. The van der Waals surface area contributed by atoms with Gasteiger partial charge >= 0.3 is 5.69 Å². The van der Waals surface area contributed by atoms with Crippen LogP contribution in [0, 0.1) is 0 Å². The number of rotatable bonds is 2. The average molecular weight is 359 g/mol. The minimum Gasteiger partial charge on any atom is -0.454 e. The highest BCUT2D eigenvalue weighted by atomic mass is 16.7. The molecule has 4 rings (SSSR count). The minimum atomic E-state index is -0.782. The largest absolute Gasteiger partial charge is 0.454 e. The normalized spacial score (nSPS) is 21.7. The molecule has 136 valence electrons. The molecule has 3 N–H and O–H groups in total. The molecule has 2 aliphatic rings. The number of likely N-dealkylation sites (tertiary alicyclic amines) is 1. The summed E-state index contributed by atoms with van der Waals surface area (Å²) in [7, 11) is 0. The number of aliphatic hydroxyl groups excluding tert-OH is 1. The second kappa shape index (κ2) is 6.34. The molecule has 1 fully saturated rings. The molecule has 1 aromatic carbocycles. The van der Waals surface area contributed by atoms with Gasteiger partial charge in [-0.2, -0.15) is 0 Å². The topological polar surface area (TPSA) is 125 Å². The number of hydrogen-bond donors (Lipinski definition) is 3. The molecule has 9 nitrogen and oxygen atoms in total. The van der Waals surface area contributed by atoms with Crippen molar-refractivity contribution in [3.63, 3.8) is 0 Å². The first-order valence-corrected chi connectivity index (χ1v) is 8.22. The summed E-state index contributed by atoms with van der Waals surface area (Å²) in [6.45, 7) is 0.659. The minimum absolute atomic E-state index is 0.0938. The summed E-state index contributed by atoms with van der Waals surface area (Å²) in [4.78, 5) is 41.1. The molecule has 2 atom stereocenters. The van der Waals surface area contributed by atoms with Crippen LogP contribution < -0.4 is 20.7 Å². The van der Waals surface area contributed by atoms with E-state index in [9.17, 15) is 19.5 Å². The second-order valence-electron chi connectivity index (χ2n) is 6.31. The summed E-state index contributed by atoms with van der Waals surface area (Å²) in [6, 6.07) is 5.54. The number of hydrogen-bond acceptors (Lipinski definition) is 6. The van der Waals surface area contributed by atoms with Gasteiger partial charge in [-0.3, -0.25) is 14.6 Å². The van der Waals surface area contributed by atoms with Crippen molar-refractivity contribution < 1.29 is 19.4 Å². The molecule has 1 aromatic heterocycles. The zero-order valence-corrected chi connectivity index (χ0v) is 13.7. The van der Waals surface area contributed by atoms with Crippen LogP contribution in [0.25, 0.3) is 0 Å². The van der Waals surface area contributed by atoms with Gasteiger partial charge < -0.3 is 24.5 Å². The van der Waals surface area contributed by atoms with Gasteiger partial charge in [-0.15, -0.1) is 0 Å². The second-order valence-corrected chi connectivity index (χ2v) is 6.31. The van der Waals surface area contributed by atoms with Crippen molar-refractivity contribution in [2.24, 2.45) is 0 Å². The number of β-amino-alcohol motifs (C(OH)–C–C–N with tert-alkyl or cyclic N) is 1. The molecule has 2 aromatic rings. The van der Waals surface area contributed by atoms with Gasteiger partial charge in [-0.1, -0.05) is 6.07 Å². The van der Waals surface area contributed by atoms with E-state index in [0.29, 0.717) is 24.5 Å². The lowest BCUT2D eigenvalue weighted by molar-refractivity contribution is 0.0380. The van der Waals surface area contributed by atoms with Crippen molar-refractivity contribution in [2.45, 2.75) is 18.4 Å². The summed E-state index contributed by atoms with van der Waals surface area (Å²) in [6.07, 6.45) is 0.850. The molecule has 0 saturated carbocycles. The van der Waals surface area contributed by atoms with Crippen molar-refractivity contribution in [3.8, 4) is 11.5 Å². The van der Waals surface area contributed by atoms with E-state index in [-0.39, 0.29) is 24.8 Å². The number of benzene rings is 1. The third kappa shape index (κ3) is 2.86. The molecule has 0 aliphatic carbocycles. The highest BCUT2D eigenvalue weighted by molar-refractivity contribution is 5.93. The number of amides is 1. The molecule has 0 spiro atoms. The Labute approximate surface area is 147 Å². The molecule has 3 heterocycles. The Kier molecular flexibility index (Phi) is 4.00. The average Bonchev–Trinajstić information content (AvgIpc) is 3.09. The maximum atomic E-state index is 12.5. The van der Waals surface area contributed by atoms with E-state index in [1.807, 2.05) is 23.2 Å². The van der Waals surface area contributed by atoms with Gasteiger partial charge in [0.05, 0.1) is 6.10 Å². The summed E-state index contributed by atoms with van der Waals surface area (Å²) < 4.78 is 10.7. The fraction of sp³-hybridized carbons (Fsp3) is 0.353. The maximum absolute atomic E-state index is 12.5. The quantitative estimate of drug-likeness (QED) is 0.681. The Balaban J connectivity index is 1.50. The highest BCUT2D eigenvalue weighted by Gasteiger charge is 2.33. The Bertz CT molecular complexity index is 965. The zero-order chi connectivity index (χ0) is 18.3. The summed E-state index contributed by atoms with van der Waals surface area (Å²) in [5.74, 6) is 0.647. The van der Waals surface area contributed by atoms with E-state index in [2.05, 4.69) is 4.98 Å². The Morgan fingerprint density at radius 2 is 2.04 bits per heavy atom. The maximum Gasteiger partial charge on any atom is 0.325 e. The summed E-state index contributed by atoms with van der Waals surface area (Å²) in [5, 5.41) is 10.5. The predicted octanol–water partition coefficient (Wildman–Crippen LogP) is -0.218. The van der Waals surface area contributed by atoms with Crippen LogP contribution in [0.3, 0.4) is 0 Å². The van der Waals surface area contributed by atoms with E-state index >= 15 is 0 Å². The Hall–Kier alpha value is -3.07. The van der Waals surface area contributed by atoms with E-state index < -0.39 is 23.3 Å². The first-order chi connectivity index (χ1) is 12.5. The molecule has 2 aliphatic heterocycles. The smallest absolute Gasteiger partial charge is 0.325 e. The van der Waals surface area contributed by atoms with Crippen LogP contribution in [-0.4, -0.2) is 51.9 Å². The predicted molar refractivity (Wildman–Crippen MR) is 89.5 cm³/mol. The third-order valence-corrected chi connectivity index (χ3v) is 4.74. The fourth-order valence-electron chi connectivity index (χ4n) is 3.39. The lowest BCUT2D eigenvalue weighted by atomic mass is 9.86. The van der Waals surface area contributed by atoms with Crippen molar-refractivity contribution in [1.29, 1.82) is 0 Å². The number of carbonyl (C=O) groups excluding carboxylic acids is 1. The van der Waals surface area contributed by atoms with Gasteiger partial charge in [0, 0.05) is 25.2 Å². The number of carbonyl (C=O) groups is 1. The summed E-state index contributed by atoms with van der Waals surface area (Å²) in [5.41, 5.74) is -0.659. The fourth-order valence-corrected chi connectivity index (χ4v) is 3.39. The van der Waals surface area contributed by atoms with Crippen molar-refractivity contribution in [1.82, 2.24) is 14.9 Å². The number of nitrogens with one attached hydrogen (secondary N) is 2. The molecule has 0 bridgehead atoms. The first-order valence-electron chi connectivity index (χ1n) is 8.22. The van der Waals surface area contributed by atoms with Crippen molar-refractivity contribution in [2.75, 3.05) is 19.9 Å². The molecule has 1 saturated heterocycles. The lowest BCUT2D eigenvalue weighted by Gasteiger charge is -2.36. The first kappa shape index (κ1) is 16.4. The summed E-state index contributed by atoms with van der Waals surface area (Å²) >= 11 is 0. The monoisotopic (exact) mass is 359 g/mol. The number of aromatic nitrogens is 2. The van der Waals surface area contributed by atoms with Crippen LogP contribution in [0.4, 0.5) is 0 Å². The number of nitrogens with zero attached hydrogens (tertiary/aromatic N) is 1. The number of ether oxygens (including phenoxy) is 2. The number of piperidine rings is 1. The lowest BCUT2D eigenvalue weighted by Crippen LogP contribution is -2.47. The molecule has 26 heavy (non-hydrogen) atoms. The van der Waals surface area contributed by atoms with Crippen molar-refractivity contribution in [3.05, 3.63) is 56.4 Å². The van der Waals surface area contributed by atoms with E-state index in [0.717, 1.165) is 11.8 Å². The van der Waals surface area contributed by atoms with Crippen LogP contribution >= 0.6 is 0 Å². The zero-order valence-electron chi connectivity index (χ0n) is 13.7. The molecular formula is C17H17N3O6. The number of aromatic amines is 2. The highest BCUT2D eigenvalue weighted by Crippen LogP contribution is 2.37. The third-order valence-electron chi connectivity index (χ3n) is 4.74. The van der Waals surface area contributed by atoms with Crippen molar-refractivity contribution >= 4 is 5.91 Å². The van der Waals surface area contributed by atoms with Crippen LogP contribution in [0.15, 0.2) is 34.0 Å². The van der Waals surface area contributed by atoms with Crippen LogP contribution in [-0.2, 0) is 0 Å². The van der Waals surface area contributed by atoms with E-state index in [1.165, 1.54) is 4.90 Å². The van der Waals surface area contributed by atoms with E-state index in [4.69, 9.17) is 9.47 Å². The number of H-pyrrole nitrogens is 2. The standard InChI is InChI=1S/C17H17N3O6/c21-12-7-20(16(23)11-6-18-17(24)19-15(11)22)4-3-10(12)9-1-2-13-14(5-9)26-8-25-13/h1-2,5-6,10,12,21H,3-4,7-8H2,(H2,18,19,22,24)/t10-,12+/m0/s1. The molecule has 1 amide bonds. The SMILES string of the molecule is O=C(c1c[nH]c(=O)[nH]c1=O)N1CC[C@@H](c2ccc3c(c2)OCO3)[C@H](O)C1. The van der Waals surface area contributed by atoms with Gasteiger partial charge in [0.15, 0.2) is 11.5 Å². The molecule has 0 radical (unpaired) electrons. The molecule has 9 heteroatoms. The Morgan fingerprint density at radius 3 is 2.81 bits per heavy atom. The van der Waals surface area contributed by atoms with Gasteiger partial charge in [-0.05, 0) is 24.1 Å². The van der Waals surface area contributed by atoms with Gasteiger partial charge in [-0.25, -0.2) is 4.79 Å². The van der Waals surface area contributed by atoms with E-state index in [1.54, 1.807) is 0 Å². The molecule has 0 unspecified atom stereocenters. The van der Waals surface area contributed by atoms with Gasteiger partial charge in [0.2, 0.25) is 6.79 Å². The van der Waals surface area contributed by atoms with Gasteiger partial charge in [0.25, 0.3) is 11.5 Å². The van der Waals surface area contributed by atoms with Gasteiger partial charge in [0.1, 0.15) is 5.56 Å². The van der Waals surface area contributed by atoms with Crippen LogP contribution in [0.2, 0.25) is 0 Å². The van der Waals surface area contributed by atoms with Crippen LogP contribution in [0.1, 0.15) is 28.3 Å².